The molecule has 1 saturated heterocycles. The van der Waals surface area contributed by atoms with Gasteiger partial charge in [-0.05, 0) is 73.4 Å². The molecule has 39 heavy (non-hydrogen) atoms. The molecule has 204 valence electrons. The Labute approximate surface area is 229 Å². The number of aliphatic hydroxyl groups is 1. The SMILES string of the molecule is COc1ccc(/C(O)=C2\C(=O)C(=O)N(CCOC(C)C)C2c2cccc(Oc3ccccc3)c2)cc1C(C)C. The number of ether oxygens (including phenoxy) is 3. The molecule has 1 aliphatic rings. The van der Waals surface area contributed by atoms with Crippen molar-refractivity contribution in [2.24, 2.45) is 0 Å². The van der Waals surface area contributed by atoms with Crippen LogP contribution in [0.5, 0.6) is 17.2 Å². The van der Waals surface area contributed by atoms with Gasteiger partial charge in [0.2, 0.25) is 0 Å². The number of hydrogen-bond acceptors (Lipinski definition) is 6. The molecular weight excluding hydrogens is 494 g/mol. The Kier molecular flexibility index (Phi) is 8.72. The molecule has 7 nitrogen and oxygen atoms in total. The van der Waals surface area contributed by atoms with Crippen LogP contribution in [0.25, 0.3) is 5.76 Å². The van der Waals surface area contributed by atoms with Crippen LogP contribution in [0, 0.1) is 0 Å². The Morgan fingerprint density at radius 2 is 1.64 bits per heavy atom. The van der Waals surface area contributed by atoms with Crippen LogP contribution >= 0.6 is 0 Å². The van der Waals surface area contributed by atoms with E-state index in [9.17, 15) is 14.7 Å². The summed E-state index contributed by atoms with van der Waals surface area (Å²) in [5.74, 6) is 0.368. The second-order valence-electron chi connectivity index (χ2n) is 10.0. The lowest BCUT2D eigenvalue weighted by Crippen LogP contribution is -2.33. The maximum Gasteiger partial charge on any atom is 0.295 e. The summed E-state index contributed by atoms with van der Waals surface area (Å²) in [6.45, 7) is 8.30. The Morgan fingerprint density at radius 3 is 2.31 bits per heavy atom. The lowest BCUT2D eigenvalue weighted by molar-refractivity contribution is -0.140. The smallest absolute Gasteiger partial charge is 0.295 e. The lowest BCUT2D eigenvalue weighted by Gasteiger charge is -2.26. The molecule has 1 aliphatic heterocycles. The van der Waals surface area contributed by atoms with Crippen molar-refractivity contribution in [1.82, 2.24) is 4.90 Å². The quantitative estimate of drug-likeness (QED) is 0.184. The molecule has 0 bridgehead atoms. The molecule has 1 N–H and O–H groups in total. The van der Waals surface area contributed by atoms with E-state index in [1.54, 1.807) is 31.4 Å². The van der Waals surface area contributed by atoms with Crippen molar-refractivity contribution < 1.29 is 28.9 Å². The monoisotopic (exact) mass is 529 g/mol. The van der Waals surface area contributed by atoms with Gasteiger partial charge >= 0.3 is 0 Å². The van der Waals surface area contributed by atoms with E-state index in [0.29, 0.717) is 28.4 Å². The standard InChI is InChI=1S/C32H35NO6/c1-20(2)26-19-23(14-15-27(26)37-5)30(34)28-29(33(32(36)31(28)35)16-17-38-21(3)4)22-10-9-13-25(18-22)39-24-11-7-6-8-12-24/h6-15,18-21,29,34H,16-17H2,1-5H3/b30-28+. The number of para-hydroxylation sites is 1. The number of Topliss-reactive ketones (excluding diaryl/α,β-unsaturated/α-hetero) is 1. The summed E-state index contributed by atoms with van der Waals surface area (Å²) in [5, 5.41) is 11.5. The number of likely N-dealkylation sites (tertiary alicyclic amines) is 1. The fourth-order valence-electron chi connectivity index (χ4n) is 4.71. The number of aliphatic hydroxyl groups excluding tert-OH is 1. The number of benzene rings is 3. The number of carbonyl (C=O) groups excluding carboxylic acids is 2. The van der Waals surface area contributed by atoms with Gasteiger partial charge in [-0.2, -0.15) is 0 Å². The van der Waals surface area contributed by atoms with Gasteiger partial charge in [0.25, 0.3) is 11.7 Å². The molecule has 1 unspecified atom stereocenters. The highest BCUT2D eigenvalue weighted by atomic mass is 16.5. The van der Waals surface area contributed by atoms with E-state index in [-0.39, 0.29) is 36.5 Å². The fourth-order valence-corrected chi connectivity index (χ4v) is 4.71. The van der Waals surface area contributed by atoms with E-state index < -0.39 is 17.7 Å². The van der Waals surface area contributed by atoms with Crippen LogP contribution in [0.4, 0.5) is 0 Å². The van der Waals surface area contributed by atoms with Gasteiger partial charge in [-0.15, -0.1) is 0 Å². The number of carbonyl (C=O) groups is 2. The van der Waals surface area contributed by atoms with Gasteiger partial charge in [0, 0.05) is 12.1 Å². The molecule has 0 aliphatic carbocycles. The highest BCUT2D eigenvalue weighted by Gasteiger charge is 2.46. The van der Waals surface area contributed by atoms with Crippen molar-refractivity contribution in [3.63, 3.8) is 0 Å². The molecule has 7 heteroatoms. The minimum atomic E-state index is -0.815. The summed E-state index contributed by atoms with van der Waals surface area (Å²) in [5.41, 5.74) is 2.00. The summed E-state index contributed by atoms with van der Waals surface area (Å²) >= 11 is 0. The predicted molar refractivity (Wildman–Crippen MR) is 150 cm³/mol. The van der Waals surface area contributed by atoms with Gasteiger partial charge in [-0.3, -0.25) is 9.59 Å². The topological polar surface area (TPSA) is 85.3 Å². The molecule has 0 radical (unpaired) electrons. The van der Waals surface area contributed by atoms with E-state index in [0.717, 1.165) is 5.56 Å². The van der Waals surface area contributed by atoms with Crippen LogP contribution in [0.15, 0.2) is 78.4 Å². The van der Waals surface area contributed by atoms with Gasteiger partial charge in [0.05, 0.1) is 31.4 Å². The Bertz CT molecular complexity index is 1360. The normalized spacial score (nSPS) is 16.8. The van der Waals surface area contributed by atoms with Gasteiger partial charge in [0.15, 0.2) is 0 Å². The number of methoxy groups -OCH3 is 1. The summed E-state index contributed by atoms with van der Waals surface area (Å²) < 4.78 is 17.2. The van der Waals surface area contributed by atoms with E-state index in [4.69, 9.17) is 14.2 Å². The summed E-state index contributed by atoms with van der Waals surface area (Å²) in [7, 11) is 1.59. The number of hydrogen-bond donors (Lipinski definition) is 1. The van der Waals surface area contributed by atoms with Crippen molar-refractivity contribution >= 4 is 17.4 Å². The molecule has 3 aromatic carbocycles. The van der Waals surface area contributed by atoms with Crippen LogP contribution in [0.2, 0.25) is 0 Å². The Morgan fingerprint density at radius 1 is 0.923 bits per heavy atom. The molecule has 0 spiro atoms. The van der Waals surface area contributed by atoms with Gasteiger partial charge in [-0.1, -0.05) is 44.2 Å². The zero-order chi connectivity index (χ0) is 28.1. The molecule has 3 aromatic rings. The predicted octanol–water partition coefficient (Wildman–Crippen LogP) is 6.46. The first-order chi connectivity index (χ1) is 18.7. The molecule has 4 rings (SSSR count). The highest BCUT2D eigenvalue weighted by molar-refractivity contribution is 6.46. The summed E-state index contributed by atoms with van der Waals surface area (Å²) in [4.78, 5) is 28.2. The third-order valence-corrected chi connectivity index (χ3v) is 6.60. The number of nitrogens with zero attached hydrogens (tertiary/aromatic N) is 1. The minimum Gasteiger partial charge on any atom is -0.507 e. The average molecular weight is 530 g/mol. The molecule has 1 atom stereocenters. The maximum absolute atomic E-state index is 13.4. The van der Waals surface area contributed by atoms with Crippen LogP contribution in [-0.2, 0) is 14.3 Å². The second kappa shape index (κ2) is 12.2. The number of amides is 1. The second-order valence-corrected chi connectivity index (χ2v) is 10.0. The van der Waals surface area contributed by atoms with Crippen LogP contribution in [0.1, 0.15) is 56.3 Å². The van der Waals surface area contributed by atoms with Crippen molar-refractivity contribution in [1.29, 1.82) is 0 Å². The third-order valence-electron chi connectivity index (χ3n) is 6.60. The Balaban J connectivity index is 1.81. The van der Waals surface area contributed by atoms with Crippen molar-refractivity contribution in [2.45, 2.75) is 45.8 Å². The summed E-state index contributed by atoms with van der Waals surface area (Å²) in [6, 6.07) is 21.0. The molecule has 1 heterocycles. The highest BCUT2D eigenvalue weighted by Crippen LogP contribution is 2.41. The molecule has 0 aromatic heterocycles. The first-order valence-corrected chi connectivity index (χ1v) is 13.1. The van der Waals surface area contributed by atoms with E-state index in [1.807, 2.05) is 76.2 Å². The average Bonchev–Trinajstić information content (AvgIpc) is 3.18. The number of ketones is 1. The first-order valence-electron chi connectivity index (χ1n) is 13.1. The van der Waals surface area contributed by atoms with Crippen LogP contribution < -0.4 is 9.47 Å². The van der Waals surface area contributed by atoms with Crippen LogP contribution in [0.3, 0.4) is 0 Å². The Hall–Kier alpha value is -4.10. The maximum atomic E-state index is 13.4. The van der Waals surface area contributed by atoms with Gasteiger partial charge in [-0.25, -0.2) is 0 Å². The number of rotatable bonds is 10. The fraction of sp³-hybridized carbons (Fsp3) is 0.312. The lowest BCUT2D eigenvalue weighted by atomic mass is 9.93. The van der Waals surface area contributed by atoms with Crippen molar-refractivity contribution in [3.05, 3.63) is 95.1 Å². The van der Waals surface area contributed by atoms with E-state index in [1.165, 1.54) is 4.90 Å². The van der Waals surface area contributed by atoms with Crippen molar-refractivity contribution in [3.8, 4) is 17.2 Å². The van der Waals surface area contributed by atoms with Crippen molar-refractivity contribution in [2.75, 3.05) is 20.3 Å². The van der Waals surface area contributed by atoms with Crippen LogP contribution in [-0.4, -0.2) is 48.1 Å². The first kappa shape index (κ1) is 27.9. The zero-order valence-electron chi connectivity index (χ0n) is 23.0. The minimum absolute atomic E-state index is 0.0290. The zero-order valence-corrected chi connectivity index (χ0v) is 23.0. The van der Waals surface area contributed by atoms with Gasteiger partial charge < -0.3 is 24.2 Å². The van der Waals surface area contributed by atoms with Gasteiger partial charge in [0.1, 0.15) is 23.0 Å². The third kappa shape index (κ3) is 6.15. The largest absolute Gasteiger partial charge is 0.507 e. The molecule has 1 amide bonds. The molecular formula is C32H35NO6. The van der Waals surface area contributed by atoms with E-state index >= 15 is 0 Å². The summed E-state index contributed by atoms with van der Waals surface area (Å²) in [6.07, 6.45) is -0.0309. The molecule has 0 saturated carbocycles. The van der Waals surface area contributed by atoms with E-state index in [2.05, 4.69) is 0 Å². The molecule has 1 fully saturated rings.